The largest absolute Gasteiger partial charge is 0.409 e. The summed E-state index contributed by atoms with van der Waals surface area (Å²) in [4.78, 5) is 4.43. The van der Waals surface area contributed by atoms with E-state index in [0.717, 1.165) is 30.5 Å². The average Bonchev–Trinajstić information content (AvgIpc) is 2.89. The summed E-state index contributed by atoms with van der Waals surface area (Å²) < 4.78 is 15.7. The van der Waals surface area contributed by atoms with E-state index in [1.54, 1.807) is 6.07 Å². The van der Waals surface area contributed by atoms with Crippen LogP contribution in [0.4, 0.5) is 4.39 Å². The van der Waals surface area contributed by atoms with Gasteiger partial charge in [0.25, 0.3) is 0 Å². The lowest BCUT2D eigenvalue weighted by atomic mass is 10.0. The molecule has 5 nitrogen and oxygen atoms in total. The van der Waals surface area contributed by atoms with E-state index >= 15 is 0 Å². The van der Waals surface area contributed by atoms with Gasteiger partial charge < -0.3 is 15.5 Å². The Kier molecular flexibility index (Phi) is 3.60. The lowest BCUT2D eigenvalue weighted by Crippen LogP contribution is -2.14. The number of fused-ring (bicyclic) bond motifs is 1. The maximum absolute atomic E-state index is 13.7. The van der Waals surface area contributed by atoms with Crippen LogP contribution in [0.3, 0.4) is 0 Å². The third kappa shape index (κ3) is 2.74. The number of nitrogens with zero attached hydrogens (tertiary/aromatic N) is 3. The standard InChI is InChI=1S/C15H17FN4O/c16-12-6-10(5-11(7-12)15(17)19-21)8-20-9-18-13-3-1-2-4-14(13)20/h5-7,9,21H,1-4,8H2,(H2,17,19). The maximum Gasteiger partial charge on any atom is 0.170 e. The van der Waals surface area contributed by atoms with Crippen molar-refractivity contribution in [3.63, 3.8) is 0 Å². The molecule has 0 fully saturated rings. The summed E-state index contributed by atoms with van der Waals surface area (Å²) in [5, 5.41) is 11.6. The zero-order chi connectivity index (χ0) is 14.8. The highest BCUT2D eigenvalue weighted by atomic mass is 19.1. The van der Waals surface area contributed by atoms with E-state index in [9.17, 15) is 4.39 Å². The molecule has 21 heavy (non-hydrogen) atoms. The van der Waals surface area contributed by atoms with Crippen LogP contribution in [0.5, 0.6) is 0 Å². The van der Waals surface area contributed by atoms with Crippen molar-refractivity contribution in [3.05, 3.63) is 52.9 Å². The minimum Gasteiger partial charge on any atom is -0.409 e. The second kappa shape index (κ2) is 5.55. The first-order chi connectivity index (χ1) is 10.2. The van der Waals surface area contributed by atoms with Gasteiger partial charge in [-0.15, -0.1) is 0 Å². The molecule has 1 heterocycles. The fraction of sp³-hybridized carbons (Fsp3) is 0.333. The molecule has 1 aromatic carbocycles. The Morgan fingerprint density at radius 2 is 2.14 bits per heavy atom. The molecule has 2 aromatic rings. The lowest BCUT2D eigenvalue weighted by molar-refractivity contribution is 0.318. The van der Waals surface area contributed by atoms with Gasteiger partial charge in [0, 0.05) is 17.8 Å². The van der Waals surface area contributed by atoms with E-state index in [-0.39, 0.29) is 5.84 Å². The normalized spacial score (nSPS) is 15.0. The van der Waals surface area contributed by atoms with E-state index in [1.807, 2.05) is 6.33 Å². The molecule has 0 bridgehead atoms. The van der Waals surface area contributed by atoms with Crippen molar-refractivity contribution < 1.29 is 9.60 Å². The van der Waals surface area contributed by atoms with E-state index in [2.05, 4.69) is 14.7 Å². The molecule has 1 aliphatic carbocycles. The van der Waals surface area contributed by atoms with Crippen molar-refractivity contribution in [2.75, 3.05) is 0 Å². The molecule has 1 aliphatic rings. The molecule has 0 saturated carbocycles. The minimum atomic E-state index is -0.400. The molecule has 0 saturated heterocycles. The molecule has 110 valence electrons. The van der Waals surface area contributed by atoms with Crippen LogP contribution in [0.1, 0.15) is 35.4 Å². The number of imidazole rings is 1. The summed E-state index contributed by atoms with van der Waals surface area (Å²) in [6.07, 6.45) is 6.18. The van der Waals surface area contributed by atoms with E-state index in [4.69, 9.17) is 10.9 Å². The van der Waals surface area contributed by atoms with Gasteiger partial charge in [-0.25, -0.2) is 9.37 Å². The van der Waals surface area contributed by atoms with Crippen LogP contribution in [0.15, 0.2) is 29.7 Å². The summed E-state index contributed by atoms with van der Waals surface area (Å²) in [6, 6.07) is 4.44. The first kappa shape index (κ1) is 13.6. The van der Waals surface area contributed by atoms with E-state index in [1.165, 1.54) is 24.2 Å². The van der Waals surface area contributed by atoms with Gasteiger partial charge in [0.05, 0.1) is 12.0 Å². The second-order valence-electron chi connectivity index (χ2n) is 5.31. The second-order valence-corrected chi connectivity index (χ2v) is 5.31. The van der Waals surface area contributed by atoms with Crippen molar-refractivity contribution in [2.45, 2.75) is 32.2 Å². The van der Waals surface area contributed by atoms with Crippen molar-refractivity contribution in [3.8, 4) is 0 Å². The SMILES string of the molecule is N/C(=N/O)c1cc(F)cc(Cn2cnc3c2CCCC3)c1. The van der Waals surface area contributed by atoms with Crippen molar-refractivity contribution in [1.29, 1.82) is 0 Å². The molecule has 0 spiro atoms. The van der Waals surface area contributed by atoms with Crippen molar-refractivity contribution in [2.24, 2.45) is 10.9 Å². The summed E-state index contributed by atoms with van der Waals surface area (Å²) in [6.45, 7) is 0.534. The van der Waals surface area contributed by atoms with E-state index < -0.39 is 5.82 Å². The minimum absolute atomic E-state index is 0.0941. The Balaban J connectivity index is 1.91. The topological polar surface area (TPSA) is 76.4 Å². The van der Waals surface area contributed by atoms with Gasteiger partial charge in [-0.05, 0) is 49.4 Å². The molecular formula is C15H17FN4O. The Bertz CT molecular complexity index is 693. The van der Waals surface area contributed by atoms with Crippen LogP contribution in [-0.2, 0) is 19.4 Å². The molecule has 3 N–H and O–H groups in total. The monoisotopic (exact) mass is 288 g/mol. The molecule has 0 aliphatic heterocycles. The van der Waals surface area contributed by atoms with Gasteiger partial charge >= 0.3 is 0 Å². The van der Waals surface area contributed by atoms with Crippen LogP contribution in [0, 0.1) is 5.82 Å². The number of aryl methyl sites for hydroxylation is 1. The van der Waals surface area contributed by atoms with Gasteiger partial charge in [0.15, 0.2) is 5.84 Å². The molecule has 1 aromatic heterocycles. The quantitative estimate of drug-likeness (QED) is 0.393. The lowest BCUT2D eigenvalue weighted by Gasteiger charge is -2.14. The summed E-state index contributed by atoms with van der Waals surface area (Å²) in [5.41, 5.74) is 9.05. The number of nitrogens with two attached hydrogens (primary N) is 1. The number of oxime groups is 1. The molecule has 6 heteroatoms. The predicted octanol–water partition coefficient (Wildman–Crippen LogP) is 2.04. The number of hydrogen-bond acceptors (Lipinski definition) is 3. The molecular weight excluding hydrogens is 271 g/mol. The van der Waals surface area contributed by atoms with Crippen LogP contribution in [0.25, 0.3) is 0 Å². The molecule has 0 radical (unpaired) electrons. The first-order valence-electron chi connectivity index (χ1n) is 6.97. The van der Waals surface area contributed by atoms with Crippen molar-refractivity contribution >= 4 is 5.84 Å². The maximum atomic E-state index is 13.7. The number of hydrogen-bond donors (Lipinski definition) is 2. The third-order valence-corrected chi connectivity index (χ3v) is 3.82. The molecule has 3 rings (SSSR count). The predicted molar refractivity (Wildman–Crippen MR) is 76.9 cm³/mol. The van der Waals surface area contributed by atoms with Crippen LogP contribution in [-0.4, -0.2) is 20.6 Å². The molecule has 0 atom stereocenters. The van der Waals surface area contributed by atoms with Crippen LogP contribution >= 0.6 is 0 Å². The van der Waals surface area contributed by atoms with Gasteiger partial charge in [0.1, 0.15) is 5.82 Å². The average molecular weight is 288 g/mol. The Hall–Kier alpha value is -2.37. The Labute approximate surface area is 121 Å². The highest BCUT2D eigenvalue weighted by Gasteiger charge is 2.15. The fourth-order valence-electron chi connectivity index (χ4n) is 2.81. The zero-order valence-corrected chi connectivity index (χ0v) is 11.6. The first-order valence-corrected chi connectivity index (χ1v) is 6.97. The van der Waals surface area contributed by atoms with Gasteiger partial charge in [-0.1, -0.05) is 5.16 Å². The van der Waals surface area contributed by atoms with Gasteiger partial charge in [0.2, 0.25) is 0 Å². The van der Waals surface area contributed by atoms with Gasteiger partial charge in [-0.3, -0.25) is 0 Å². The number of amidine groups is 1. The molecule has 0 unspecified atom stereocenters. The number of rotatable bonds is 3. The van der Waals surface area contributed by atoms with Crippen molar-refractivity contribution in [1.82, 2.24) is 9.55 Å². The third-order valence-electron chi connectivity index (χ3n) is 3.82. The van der Waals surface area contributed by atoms with E-state index in [0.29, 0.717) is 12.1 Å². The summed E-state index contributed by atoms with van der Waals surface area (Å²) in [7, 11) is 0. The fourth-order valence-corrected chi connectivity index (χ4v) is 2.81. The zero-order valence-electron chi connectivity index (χ0n) is 11.6. The Morgan fingerprint density at radius 3 is 2.95 bits per heavy atom. The smallest absolute Gasteiger partial charge is 0.170 e. The van der Waals surface area contributed by atoms with Gasteiger partial charge in [-0.2, -0.15) is 0 Å². The highest BCUT2D eigenvalue weighted by Crippen LogP contribution is 2.21. The molecule has 0 amide bonds. The summed E-state index contributed by atoms with van der Waals surface area (Å²) >= 11 is 0. The number of aromatic nitrogens is 2. The summed E-state index contributed by atoms with van der Waals surface area (Å²) in [5.74, 6) is -0.494. The number of benzene rings is 1. The van der Waals surface area contributed by atoms with Crippen LogP contribution in [0.2, 0.25) is 0 Å². The number of halogens is 1. The Morgan fingerprint density at radius 1 is 1.33 bits per heavy atom. The highest BCUT2D eigenvalue weighted by molar-refractivity contribution is 5.97. The van der Waals surface area contributed by atoms with Crippen LogP contribution < -0.4 is 5.73 Å².